The van der Waals surface area contributed by atoms with Crippen LogP contribution in [0.2, 0.25) is 0 Å². The van der Waals surface area contributed by atoms with E-state index in [1.807, 2.05) is 0 Å². The van der Waals surface area contributed by atoms with Gasteiger partial charge in [0.1, 0.15) is 0 Å². The molecule has 21 heavy (non-hydrogen) atoms. The van der Waals surface area contributed by atoms with Crippen LogP contribution >= 0.6 is 11.8 Å². The highest BCUT2D eigenvalue weighted by Gasteiger charge is 2.34. The minimum absolute atomic E-state index is 0.230. The van der Waals surface area contributed by atoms with Gasteiger partial charge in [-0.2, -0.15) is 0 Å². The maximum atomic E-state index is 12.1. The number of hydrogen-bond acceptors (Lipinski definition) is 6. The summed E-state index contributed by atoms with van der Waals surface area (Å²) >= 11 is 0.911. The van der Waals surface area contributed by atoms with Gasteiger partial charge in [-0.05, 0) is 35.5 Å². The van der Waals surface area contributed by atoms with E-state index >= 15 is 0 Å². The van der Waals surface area contributed by atoms with Gasteiger partial charge in [0.2, 0.25) is 0 Å². The van der Waals surface area contributed by atoms with E-state index in [2.05, 4.69) is 0 Å². The van der Waals surface area contributed by atoms with Crippen LogP contribution in [0.5, 0.6) is 11.5 Å². The first-order chi connectivity index (χ1) is 10.1. The Labute approximate surface area is 126 Å². The van der Waals surface area contributed by atoms with Crippen molar-refractivity contribution in [1.29, 1.82) is 0 Å². The van der Waals surface area contributed by atoms with Gasteiger partial charge in [-0.1, -0.05) is 6.07 Å². The average molecular weight is 308 g/mol. The van der Waals surface area contributed by atoms with Crippen molar-refractivity contribution in [2.24, 2.45) is 5.73 Å². The van der Waals surface area contributed by atoms with E-state index < -0.39 is 0 Å². The number of carbonyl (C=O) groups excluding carboxylic acids is 2. The standard InChI is InChI=1S/C14H16N2O4S/c1-19-10-4-3-9(7-11(10)20-2)8-12-13(17)16(6-5-15)14(18)21-12/h3-4,7-8H,5-6,15H2,1-2H3. The summed E-state index contributed by atoms with van der Waals surface area (Å²) in [6.45, 7) is 0.482. The Balaban J connectivity index is 2.28. The smallest absolute Gasteiger partial charge is 0.293 e. The van der Waals surface area contributed by atoms with E-state index in [1.165, 1.54) is 7.11 Å². The SMILES string of the molecule is COc1ccc(C=C2SC(=O)N(CCN)C2=O)cc1OC. The van der Waals surface area contributed by atoms with Gasteiger partial charge in [0.25, 0.3) is 11.1 Å². The van der Waals surface area contributed by atoms with Crippen molar-refractivity contribution in [1.82, 2.24) is 4.90 Å². The van der Waals surface area contributed by atoms with Crippen LogP contribution in [0.4, 0.5) is 4.79 Å². The summed E-state index contributed by atoms with van der Waals surface area (Å²) < 4.78 is 10.4. The third-order valence-corrected chi connectivity index (χ3v) is 3.84. The second kappa shape index (κ2) is 6.64. The number of amides is 2. The van der Waals surface area contributed by atoms with Gasteiger partial charge in [-0.15, -0.1) is 0 Å². The van der Waals surface area contributed by atoms with Crippen LogP contribution in [0.1, 0.15) is 5.56 Å². The van der Waals surface area contributed by atoms with Crippen LogP contribution in [0.3, 0.4) is 0 Å². The maximum Gasteiger partial charge on any atom is 0.293 e. The molecule has 6 nitrogen and oxygen atoms in total. The molecular formula is C14H16N2O4S. The predicted octanol–water partition coefficient (Wildman–Crippen LogP) is 1.70. The summed E-state index contributed by atoms with van der Waals surface area (Å²) in [7, 11) is 3.09. The van der Waals surface area contributed by atoms with Crippen LogP contribution in [0, 0.1) is 0 Å². The fourth-order valence-corrected chi connectivity index (χ4v) is 2.78. The highest BCUT2D eigenvalue weighted by Crippen LogP contribution is 2.34. The molecule has 1 fully saturated rings. The van der Waals surface area contributed by atoms with E-state index in [0.717, 1.165) is 22.2 Å². The molecule has 0 unspecified atom stereocenters. The molecule has 2 amide bonds. The molecule has 0 atom stereocenters. The fourth-order valence-electron chi connectivity index (χ4n) is 1.92. The van der Waals surface area contributed by atoms with Gasteiger partial charge in [-0.3, -0.25) is 14.5 Å². The van der Waals surface area contributed by atoms with Gasteiger partial charge in [0.15, 0.2) is 11.5 Å². The minimum Gasteiger partial charge on any atom is -0.493 e. The molecule has 1 aliphatic heterocycles. The van der Waals surface area contributed by atoms with E-state index in [1.54, 1.807) is 31.4 Å². The molecule has 0 spiro atoms. The van der Waals surface area contributed by atoms with E-state index in [4.69, 9.17) is 15.2 Å². The minimum atomic E-state index is -0.315. The number of thioether (sulfide) groups is 1. The molecule has 7 heteroatoms. The third-order valence-electron chi connectivity index (χ3n) is 2.93. The number of carbonyl (C=O) groups is 2. The highest BCUT2D eigenvalue weighted by atomic mass is 32.2. The van der Waals surface area contributed by atoms with Crippen molar-refractivity contribution < 1.29 is 19.1 Å². The predicted molar refractivity (Wildman–Crippen MR) is 81.3 cm³/mol. The Morgan fingerprint density at radius 3 is 2.57 bits per heavy atom. The second-order valence-corrected chi connectivity index (χ2v) is 5.23. The zero-order valence-corrected chi connectivity index (χ0v) is 12.6. The van der Waals surface area contributed by atoms with Gasteiger partial charge in [0, 0.05) is 13.1 Å². The second-order valence-electron chi connectivity index (χ2n) is 4.24. The molecule has 1 aliphatic rings. The van der Waals surface area contributed by atoms with Gasteiger partial charge in [-0.25, -0.2) is 0 Å². The van der Waals surface area contributed by atoms with Crippen LogP contribution < -0.4 is 15.2 Å². The lowest BCUT2D eigenvalue weighted by molar-refractivity contribution is -0.122. The third kappa shape index (κ3) is 3.20. The molecule has 1 aromatic carbocycles. The highest BCUT2D eigenvalue weighted by molar-refractivity contribution is 8.18. The summed E-state index contributed by atoms with van der Waals surface area (Å²) in [5.41, 5.74) is 6.15. The Morgan fingerprint density at radius 2 is 1.95 bits per heavy atom. The zero-order chi connectivity index (χ0) is 15.4. The number of rotatable bonds is 5. The van der Waals surface area contributed by atoms with Crippen molar-refractivity contribution in [3.63, 3.8) is 0 Å². The number of methoxy groups -OCH3 is 2. The summed E-state index contributed by atoms with van der Waals surface area (Å²) in [4.78, 5) is 25.3. The van der Waals surface area contributed by atoms with Gasteiger partial charge >= 0.3 is 0 Å². The van der Waals surface area contributed by atoms with E-state index in [0.29, 0.717) is 16.4 Å². The Morgan fingerprint density at radius 1 is 1.24 bits per heavy atom. The lowest BCUT2D eigenvalue weighted by Gasteiger charge is -2.09. The van der Waals surface area contributed by atoms with Crippen molar-refractivity contribution >= 4 is 29.0 Å². The Kier molecular flexibility index (Phi) is 4.87. The van der Waals surface area contributed by atoms with Crippen molar-refractivity contribution in [2.45, 2.75) is 0 Å². The topological polar surface area (TPSA) is 81.9 Å². The average Bonchev–Trinajstić information content (AvgIpc) is 2.75. The van der Waals surface area contributed by atoms with Crippen LogP contribution in [-0.2, 0) is 4.79 Å². The quantitative estimate of drug-likeness (QED) is 0.834. The molecule has 1 aromatic rings. The number of imide groups is 1. The van der Waals surface area contributed by atoms with E-state index in [-0.39, 0.29) is 24.2 Å². The molecule has 0 bridgehead atoms. The molecule has 0 saturated carbocycles. The Bertz CT molecular complexity index is 601. The number of nitrogens with two attached hydrogens (primary N) is 1. The summed E-state index contributed by atoms with van der Waals surface area (Å²) in [6, 6.07) is 5.28. The summed E-state index contributed by atoms with van der Waals surface area (Å²) in [5.74, 6) is 0.851. The van der Waals surface area contributed by atoms with Crippen molar-refractivity contribution in [3.05, 3.63) is 28.7 Å². The van der Waals surface area contributed by atoms with Crippen molar-refractivity contribution in [2.75, 3.05) is 27.3 Å². The largest absolute Gasteiger partial charge is 0.493 e. The van der Waals surface area contributed by atoms with E-state index in [9.17, 15) is 9.59 Å². The molecule has 1 heterocycles. The van der Waals surface area contributed by atoms with Crippen LogP contribution in [0.15, 0.2) is 23.1 Å². The molecule has 1 saturated heterocycles. The van der Waals surface area contributed by atoms with Crippen LogP contribution in [-0.4, -0.2) is 43.4 Å². The number of nitrogens with zero attached hydrogens (tertiary/aromatic N) is 1. The first kappa shape index (κ1) is 15.4. The first-order valence-electron chi connectivity index (χ1n) is 6.28. The maximum absolute atomic E-state index is 12.1. The summed E-state index contributed by atoms with van der Waals surface area (Å²) in [5, 5.41) is -0.294. The molecule has 2 rings (SSSR count). The lowest BCUT2D eigenvalue weighted by Crippen LogP contribution is -2.33. The molecule has 0 radical (unpaired) electrons. The van der Waals surface area contributed by atoms with Crippen molar-refractivity contribution in [3.8, 4) is 11.5 Å². The molecule has 0 aliphatic carbocycles. The normalized spacial score (nSPS) is 16.7. The van der Waals surface area contributed by atoms with Gasteiger partial charge < -0.3 is 15.2 Å². The lowest BCUT2D eigenvalue weighted by atomic mass is 10.2. The zero-order valence-electron chi connectivity index (χ0n) is 11.8. The first-order valence-corrected chi connectivity index (χ1v) is 7.09. The fraction of sp³-hybridized carbons (Fsp3) is 0.286. The number of ether oxygens (including phenoxy) is 2. The molecule has 2 N–H and O–H groups in total. The van der Waals surface area contributed by atoms with Gasteiger partial charge in [0.05, 0.1) is 19.1 Å². The Hall–Kier alpha value is -1.99. The summed E-state index contributed by atoms with van der Waals surface area (Å²) in [6.07, 6.45) is 1.66. The molecule has 112 valence electrons. The number of hydrogen-bond donors (Lipinski definition) is 1. The monoisotopic (exact) mass is 308 g/mol. The van der Waals surface area contributed by atoms with Crippen LogP contribution in [0.25, 0.3) is 6.08 Å². The molecular weight excluding hydrogens is 292 g/mol. The number of benzene rings is 1. The molecule has 0 aromatic heterocycles.